The summed E-state index contributed by atoms with van der Waals surface area (Å²) in [4.78, 5) is 25.6. The number of hydrogen-bond donors (Lipinski definition) is 1. The average Bonchev–Trinajstić information content (AvgIpc) is 2.55. The summed E-state index contributed by atoms with van der Waals surface area (Å²) in [5.74, 6) is 0.136. The maximum absolute atomic E-state index is 12.2. The van der Waals surface area contributed by atoms with E-state index in [1.807, 2.05) is 54.6 Å². The molecule has 0 aliphatic rings. The van der Waals surface area contributed by atoms with Crippen molar-refractivity contribution in [1.82, 2.24) is 4.90 Å². The molecular formula is C20H24N2O2. The van der Waals surface area contributed by atoms with E-state index < -0.39 is 0 Å². The molecule has 1 N–H and O–H groups in total. The van der Waals surface area contributed by atoms with Gasteiger partial charge in [0.05, 0.1) is 0 Å². The highest BCUT2D eigenvalue weighted by Crippen LogP contribution is 2.17. The summed E-state index contributed by atoms with van der Waals surface area (Å²) in [6.45, 7) is 6.20. The molecular weight excluding hydrogens is 300 g/mol. The van der Waals surface area contributed by atoms with Gasteiger partial charge < -0.3 is 10.2 Å². The Bertz CT molecular complexity index is 679. The van der Waals surface area contributed by atoms with Crippen LogP contribution in [-0.2, 0) is 16.1 Å². The van der Waals surface area contributed by atoms with Gasteiger partial charge in [-0.25, -0.2) is 0 Å². The van der Waals surface area contributed by atoms with Crippen LogP contribution in [-0.4, -0.2) is 23.3 Å². The minimum atomic E-state index is -0.196. The SMILES string of the molecule is CC(=O)N(CC(=O)Nc1ccc(C(C)C)cc1)Cc1ccccc1. The van der Waals surface area contributed by atoms with Gasteiger partial charge in [0.15, 0.2) is 0 Å². The molecule has 24 heavy (non-hydrogen) atoms. The predicted octanol–water partition coefficient (Wildman–Crippen LogP) is 3.80. The Kier molecular flexibility index (Phi) is 6.13. The number of amides is 2. The number of rotatable bonds is 6. The highest BCUT2D eigenvalue weighted by atomic mass is 16.2. The van der Waals surface area contributed by atoms with Crippen molar-refractivity contribution in [3.63, 3.8) is 0 Å². The minimum absolute atomic E-state index is 0.0379. The quantitative estimate of drug-likeness (QED) is 0.878. The van der Waals surface area contributed by atoms with Gasteiger partial charge in [0, 0.05) is 19.2 Å². The van der Waals surface area contributed by atoms with E-state index in [1.54, 1.807) is 0 Å². The average molecular weight is 324 g/mol. The largest absolute Gasteiger partial charge is 0.329 e. The first-order valence-corrected chi connectivity index (χ1v) is 8.15. The molecule has 2 aromatic rings. The molecule has 2 amide bonds. The molecule has 0 fully saturated rings. The first-order valence-electron chi connectivity index (χ1n) is 8.15. The minimum Gasteiger partial charge on any atom is -0.329 e. The van der Waals surface area contributed by atoms with Crippen LogP contribution in [0.3, 0.4) is 0 Å². The van der Waals surface area contributed by atoms with Gasteiger partial charge >= 0.3 is 0 Å². The summed E-state index contributed by atoms with van der Waals surface area (Å²) in [5, 5.41) is 2.85. The lowest BCUT2D eigenvalue weighted by molar-refractivity contribution is -0.133. The second-order valence-corrected chi connectivity index (χ2v) is 6.19. The third kappa shape index (κ3) is 5.23. The standard InChI is InChI=1S/C20H24N2O2/c1-15(2)18-9-11-19(12-10-18)21-20(24)14-22(16(3)23)13-17-7-5-4-6-8-17/h4-12,15H,13-14H2,1-3H3,(H,21,24). The van der Waals surface area contributed by atoms with Crippen molar-refractivity contribution in [2.75, 3.05) is 11.9 Å². The third-order valence-corrected chi connectivity index (χ3v) is 3.86. The van der Waals surface area contributed by atoms with E-state index in [0.717, 1.165) is 11.3 Å². The molecule has 0 aliphatic heterocycles. The number of benzene rings is 2. The van der Waals surface area contributed by atoms with Crippen LogP contribution in [0.1, 0.15) is 37.8 Å². The molecule has 0 saturated heterocycles. The fraction of sp³-hybridized carbons (Fsp3) is 0.300. The molecule has 4 nitrogen and oxygen atoms in total. The lowest BCUT2D eigenvalue weighted by Gasteiger charge is -2.20. The number of hydrogen-bond acceptors (Lipinski definition) is 2. The molecule has 0 saturated carbocycles. The molecule has 126 valence electrons. The van der Waals surface area contributed by atoms with Crippen LogP contribution in [0, 0.1) is 0 Å². The summed E-state index contributed by atoms with van der Waals surface area (Å²) < 4.78 is 0. The maximum Gasteiger partial charge on any atom is 0.244 e. The molecule has 0 atom stereocenters. The van der Waals surface area contributed by atoms with Gasteiger partial charge in [-0.1, -0.05) is 56.3 Å². The lowest BCUT2D eigenvalue weighted by Crippen LogP contribution is -2.36. The molecule has 0 unspecified atom stereocenters. The zero-order valence-electron chi connectivity index (χ0n) is 14.5. The van der Waals surface area contributed by atoms with Gasteiger partial charge in [0.25, 0.3) is 0 Å². The summed E-state index contributed by atoms with van der Waals surface area (Å²) in [5.41, 5.74) is 2.97. The van der Waals surface area contributed by atoms with Gasteiger partial charge in [0.2, 0.25) is 11.8 Å². The Morgan fingerprint density at radius 2 is 1.62 bits per heavy atom. The maximum atomic E-state index is 12.2. The van der Waals surface area contributed by atoms with Gasteiger partial charge in [-0.3, -0.25) is 9.59 Å². The Balaban J connectivity index is 1.96. The lowest BCUT2D eigenvalue weighted by atomic mass is 10.0. The number of nitrogens with zero attached hydrogens (tertiary/aromatic N) is 1. The second kappa shape index (κ2) is 8.29. The van der Waals surface area contributed by atoms with Crippen molar-refractivity contribution in [2.45, 2.75) is 33.2 Å². The highest BCUT2D eigenvalue weighted by molar-refractivity contribution is 5.94. The molecule has 0 spiro atoms. The van der Waals surface area contributed by atoms with Gasteiger partial charge in [-0.15, -0.1) is 0 Å². The Morgan fingerprint density at radius 3 is 2.17 bits per heavy atom. The van der Waals surface area contributed by atoms with Crippen LogP contribution in [0.5, 0.6) is 0 Å². The van der Waals surface area contributed by atoms with E-state index in [-0.39, 0.29) is 18.4 Å². The smallest absolute Gasteiger partial charge is 0.244 e. The molecule has 0 radical (unpaired) electrons. The number of nitrogens with one attached hydrogen (secondary N) is 1. The van der Waals surface area contributed by atoms with E-state index in [0.29, 0.717) is 12.5 Å². The number of carbonyl (C=O) groups excluding carboxylic acids is 2. The van der Waals surface area contributed by atoms with Crippen LogP contribution in [0.2, 0.25) is 0 Å². The topological polar surface area (TPSA) is 49.4 Å². The molecule has 0 aromatic heterocycles. The zero-order chi connectivity index (χ0) is 17.5. The monoisotopic (exact) mass is 324 g/mol. The molecule has 2 aromatic carbocycles. The first-order chi connectivity index (χ1) is 11.5. The fourth-order valence-corrected chi connectivity index (χ4v) is 2.41. The van der Waals surface area contributed by atoms with Gasteiger partial charge in [0.1, 0.15) is 6.54 Å². The number of carbonyl (C=O) groups is 2. The fourth-order valence-electron chi connectivity index (χ4n) is 2.41. The molecule has 0 aliphatic carbocycles. The van der Waals surface area contributed by atoms with Crippen LogP contribution < -0.4 is 5.32 Å². The molecule has 0 bridgehead atoms. The van der Waals surface area contributed by atoms with Crippen LogP contribution in [0.25, 0.3) is 0 Å². The highest BCUT2D eigenvalue weighted by Gasteiger charge is 2.14. The van der Waals surface area contributed by atoms with Crippen molar-refractivity contribution in [2.24, 2.45) is 0 Å². The molecule has 0 heterocycles. The van der Waals surface area contributed by atoms with Crippen LogP contribution in [0.15, 0.2) is 54.6 Å². The van der Waals surface area contributed by atoms with Crippen molar-refractivity contribution < 1.29 is 9.59 Å². The predicted molar refractivity (Wildman–Crippen MR) is 96.7 cm³/mol. The van der Waals surface area contributed by atoms with Crippen molar-refractivity contribution in [3.8, 4) is 0 Å². The summed E-state index contributed by atoms with van der Waals surface area (Å²) in [6.07, 6.45) is 0. The van der Waals surface area contributed by atoms with Gasteiger partial charge in [-0.05, 0) is 29.2 Å². The first kappa shape index (κ1) is 17.7. The third-order valence-electron chi connectivity index (χ3n) is 3.86. The van der Waals surface area contributed by atoms with Crippen LogP contribution in [0.4, 0.5) is 5.69 Å². The summed E-state index contributed by atoms with van der Waals surface area (Å²) in [7, 11) is 0. The molecule has 2 rings (SSSR count). The van der Waals surface area contributed by atoms with E-state index in [4.69, 9.17) is 0 Å². The van der Waals surface area contributed by atoms with E-state index in [2.05, 4.69) is 19.2 Å². The van der Waals surface area contributed by atoms with E-state index in [1.165, 1.54) is 17.4 Å². The normalized spacial score (nSPS) is 10.5. The summed E-state index contributed by atoms with van der Waals surface area (Å²) in [6, 6.07) is 17.4. The van der Waals surface area contributed by atoms with Crippen molar-refractivity contribution in [1.29, 1.82) is 0 Å². The van der Waals surface area contributed by atoms with Crippen molar-refractivity contribution in [3.05, 3.63) is 65.7 Å². The molecule has 4 heteroatoms. The Morgan fingerprint density at radius 1 is 1.00 bits per heavy atom. The van der Waals surface area contributed by atoms with Crippen molar-refractivity contribution >= 4 is 17.5 Å². The van der Waals surface area contributed by atoms with E-state index >= 15 is 0 Å². The Hall–Kier alpha value is -2.62. The zero-order valence-corrected chi connectivity index (χ0v) is 14.5. The number of anilines is 1. The van der Waals surface area contributed by atoms with E-state index in [9.17, 15) is 9.59 Å². The van der Waals surface area contributed by atoms with Crippen LogP contribution >= 0.6 is 0 Å². The summed E-state index contributed by atoms with van der Waals surface area (Å²) >= 11 is 0. The van der Waals surface area contributed by atoms with Gasteiger partial charge in [-0.2, -0.15) is 0 Å². The Labute approximate surface area is 143 Å². The second-order valence-electron chi connectivity index (χ2n) is 6.19.